The van der Waals surface area contributed by atoms with E-state index in [1.807, 2.05) is 44.2 Å². The molecule has 2 aromatic carbocycles. The summed E-state index contributed by atoms with van der Waals surface area (Å²) in [6.07, 6.45) is 2.95. The summed E-state index contributed by atoms with van der Waals surface area (Å²) < 4.78 is 2.11. The van der Waals surface area contributed by atoms with Crippen molar-refractivity contribution < 1.29 is 4.79 Å². The number of amides is 1. The van der Waals surface area contributed by atoms with Gasteiger partial charge in [0.05, 0.1) is 15.0 Å². The van der Waals surface area contributed by atoms with Crippen molar-refractivity contribution in [1.29, 1.82) is 0 Å². The first-order valence-electron chi connectivity index (χ1n) is 10.0. The van der Waals surface area contributed by atoms with Crippen LogP contribution in [0.3, 0.4) is 0 Å². The molecule has 1 saturated heterocycles. The highest BCUT2D eigenvalue weighted by molar-refractivity contribution is 8.05. The lowest BCUT2D eigenvalue weighted by atomic mass is 10.1. The molecule has 1 fully saturated rings. The Kier molecular flexibility index (Phi) is 6.37. The highest BCUT2D eigenvalue weighted by Crippen LogP contribution is 2.33. The number of hydrogen-bond donors (Lipinski definition) is 2. The van der Waals surface area contributed by atoms with Crippen molar-refractivity contribution in [2.45, 2.75) is 32.7 Å². The van der Waals surface area contributed by atoms with E-state index in [9.17, 15) is 4.79 Å². The van der Waals surface area contributed by atoms with Crippen LogP contribution in [0.1, 0.15) is 29.4 Å². The van der Waals surface area contributed by atoms with Gasteiger partial charge in [0, 0.05) is 22.8 Å². The van der Waals surface area contributed by atoms with Gasteiger partial charge in [0.25, 0.3) is 5.91 Å². The first-order chi connectivity index (χ1) is 14.9. The molecule has 1 aromatic heterocycles. The summed E-state index contributed by atoms with van der Waals surface area (Å²) in [6.45, 7) is 6.19. The number of aryl methyl sites for hydroxylation is 2. The van der Waals surface area contributed by atoms with Crippen molar-refractivity contribution in [1.82, 2.24) is 9.88 Å². The van der Waals surface area contributed by atoms with E-state index in [2.05, 4.69) is 40.3 Å². The summed E-state index contributed by atoms with van der Waals surface area (Å²) in [5.41, 5.74) is 6.08. The molecule has 1 aliphatic rings. The summed E-state index contributed by atoms with van der Waals surface area (Å²) in [7, 11) is 0. The Morgan fingerprint density at radius 1 is 1.10 bits per heavy atom. The Bertz CT molecular complexity index is 1170. The standard InChI is InChI=1S/C24H23Cl2N3OS/c1-4-16-5-7-18(8-6-16)27-24-28-23(30)22(31-24)12-17-11-14(2)29(15(17)3)19-9-10-20(25)21(26)13-19/h5-13,24,27H,4H2,1-3H3,(H,28,30)/b22-12+/t24-/m1/s1. The minimum absolute atomic E-state index is 0.0768. The van der Waals surface area contributed by atoms with Crippen molar-refractivity contribution in [2.75, 3.05) is 5.32 Å². The van der Waals surface area contributed by atoms with Crippen LogP contribution in [0, 0.1) is 13.8 Å². The number of halogens is 2. The lowest BCUT2D eigenvalue weighted by Crippen LogP contribution is -2.30. The van der Waals surface area contributed by atoms with Gasteiger partial charge in [0.1, 0.15) is 0 Å². The number of benzene rings is 2. The van der Waals surface area contributed by atoms with E-state index in [1.165, 1.54) is 17.3 Å². The van der Waals surface area contributed by atoms with Crippen LogP contribution in [0.2, 0.25) is 10.0 Å². The zero-order chi connectivity index (χ0) is 22.1. The molecular formula is C24H23Cl2N3OS. The van der Waals surface area contributed by atoms with Crippen LogP contribution in [0.25, 0.3) is 11.8 Å². The largest absolute Gasteiger partial charge is 0.357 e. The van der Waals surface area contributed by atoms with Gasteiger partial charge in [0.2, 0.25) is 0 Å². The molecule has 4 nitrogen and oxygen atoms in total. The van der Waals surface area contributed by atoms with Crippen LogP contribution >= 0.6 is 35.0 Å². The van der Waals surface area contributed by atoms with E-state index in [1.54, 1.807) is 6.07 Å². The number of carbonyl (C=O) groups is 1. The smallest absolute Gasteiger partial charge is 0.260 e. The Balaban J connectivity index is 1.55. The van der Waals surface area contributed by atoms with Crippen molar-refractivity contribution in [3.63, 3.8) is 0 Å². The Morgan fingerprint density at radius 2 is 1.84 bits per heavy atom. The molecular weight excluding hydrogens is 449 g/mol. The summed E-state index contributed by atoms with van der Waals surface area (Å²) in [5, 5.41) is 7.40. The number of nitrogens with one attached hydrogen (secondary N) is 2. The maximum absolute atomic E-state index is 12.6. The van der Waals surface area contributed by atoms with Gasteiger partial charge in [-0.1, -0.05) is 54.0 Å². The number of aromatic nitrogens is 1. The Labute approximate surface area is 196 Å². The summed E-state index contributed by atoms with van der Waals surface area (Å²) in [5.74, 6) is -0.0768. The summed E-state index contributed by atoms with van der Waals surface area (Å²) in [4.78, 5) is 13.2. The minimum atomic E-state index is -0.204. The molecule has 0 spiro atoms. The molecule has 1 amide bonds. The molecule has 1 aliphatic heterocycles. The van der Waals surface area contributed by atoms with E-state index < -0.39 is 0 Å². The fourth-order valence-electron chi connectivity index (χ4n) is 3.65. The average Bonchev–Trinajstić information content (AvgIpc) is 3.23. The lowest BCUT2D eigenvalue weighted by molar-refractivity contribution is -0.116. The average molecular weight is 472 g/mol. The second kappa shape index (κ2) is 9.03. The van der Waals surface area contributed by atoms with E-state index >= 15 is 0 Å². The molecule has 7 heteroatoms. The molecule has 0 aliphatic carbocycles. The highest BCUT2D eigenvalue weighted by atomic mass is 35.5. The number of nitrogens with zero attached hydrogens (tertiary/aromatic N) is 1. The molecule has 4 rings (SSSR count). The van der Waals surface area contributed by atoms with Crippen molar-refractivity contribution in [2.24, 2.45) is 0 Å². The van der Waals surface area contributed by atoms with Gasteiger partial charge in [-0.05, 0) is 73.9 Å². The van der Waals surface area contributed by atoms with Gasteiger partial charge in [0.15, 0.2) is 5.50 Å². The molecule has 0 unspecified atom stereocenters. The van der Waals surface area contributed by atoms with Crippen LogP contribution in [0.15, 0.2) is 53.4 Å². The van der Waals surface area contributed by atoms with Crippen molar-refractivity contribution in [3.05, 3.63) is 86.0 Å². The fraction of sp³-hybridized carbons (Fsp3) is 0.208. The summed E-state index contributed by atoms with van der Waals surface area (Å²) in [6, 6.07) is 15.9. The SMILES string of the molecule is CCc1ccc(N[C@@H]2NC(=O)/C(=C\c3cc(C)n(-c4ccc(Cl)c(Cl)c4)c3C)S2)cc1. The number of carbonyl (C=O) groups excluding carboxylic acids is 1. The van der Waals surface area contributed by atoms with E-state index in [-0.39, 0.29) is 11.4 Å². The van der Waals surface area contributed by atoms with Gasteiger partial charge in [-0.15, -0.1) is 0 Å². The van der Waals surface area contributed by atoms with Gasteiger partial charge in [-0.25, -0.2) is 0 Å². The number of anilines is 1. The second-order valence-electron chi connectivity index (χ2n) is 7.44. The van der Waals surface area contributed by atoms with Gasteiger partial charge in [-0.2, -0.15) is 0 Å². The number of thioether (sulfide) groups is 1. The number of rotatable bonds is 5. The molecule has 1 atom stereocenters. The van der Waals surface area contributed by atoms with E-state index in [0.29, 0.717) is 15.0 Å². The molecule has 31 heavy (non-hydrogen) atoms. The van der Waals surface area contributed by atoms with E-state index in [4.69, 9.17) is 23.2 Å². The normalized spacial score (nSPS) is 17.3. The van der Waals surface area contributed by atoms with Gasteiger partial charge < -0.3 is 15.2 Å². The molecule has 2 heterocycles. The topological polar surface area (TPSA) is 46.1 Å². The second-order valence-corrected chi connectivity index (χ2v) is 9.40. The van der Waals surface area contributed by atoms with E-state index in [0.717, 1.165) is 34.7 Å². The Morgan fingerprint density at radius 3 is 2.52 bits per heavy atom. The predicted molar refractivity (Wildman–Crippen MR) is 132 cm³/mol. The molecule has 160 valence electrons. The zero-order valence-corrected chi connectivity index (χ0v) is 19.8. The van der Waals surface area contributed by atoms with Gasteiger partial charge in [-0.3, -0.25) is 4.79 Å². The third-order valence-electron chi connectivity index (χ3n) is 5.31. The van der Waals surface area contributed by atoms with Crippen LogP contribution in [0.4, 0.5) is 5.69 Å². The predicted octanol–water partition coefficient (Wildman–Crippen LogP) is 6.56. The molecule has 0 bridgehead atoms. The molecule has 0 saturated carbocycles. The maximum Gasteiger partial charge on any atom is 0.260 e. The van der Waals surface area contributed by atoms with Crippen LogP contribution in [-0.2, 0) is 11.2 Å². The Hall–Kier alpha value is -2.34. The molecule has 3 aromatic rings. The molecule has 2 N–H and O–H groups in total. The quantitative estimate of drug-likeness (QED) is 0.413. The van der Waals surface area contributed by atoms with Crippen molar-refractivity contribution >= 4 is 52.6 Å². The fourth-order valence-corrected chi connectivity index (χ4v) is 4.92. The third kappa shape index (κ3) is 4.64. The van der Waals surface area contributed by atoms with Crippen LogP contribution in [0.5, 0.6) is 0 Å². The van der Waals surface area contributed by atoms with Crippen molar-refractivity contribution in [3.8, 4) is 5.69 Å². The molecule has 0 radical (unpaired) electrons. The minimum Gasteiger partial charge on any atom is -0.357 e. The first kappa shape index (κ1) is 21.9. The highest BCUT2D eigenvalue weighted by Gasteiger charge is 2.27. The first-order valence-corrected chi connectivity index (χ1v) is 11.7. The maximum atomic E-state index is 12.6. The summed E-state index contributed by atoms with van der Waals surface area (Å²) >= 11 is 13.8. The lowest BCUT2D eigenvalue weighted by Gasteiger charge is -2.12. The van der Waals surface area contributed by atoms with Crippen LogP contribution < -0.4 is 10.6 Å². The third-order valence-corrected chi connectivity index (χ3v) is 7.08. The monoisotopic (exact) mass is 471 g/mol. The van der Waals surface area contributed by atoms with Gasteiger partial charge >= 0.3 is 0 Å². The zero-order valence-electron chi connectivity index (χ0n) is 17.5. The van der Waals surface area contributed by atoms with Crippen LogP contribution in [-0.4, -0.2) is 16.0 Å². The number of hydrogen-bond acceptors (Lipinski definition) is 3.